The Morgan fingerprint density at radius 3 is 2.14 bits per heavy atom. The highest BCUT2D eigenvalue weighted by atomic mass is 35.5. The van der Waals surface area contributed by atoms with Crippen LogP contribution in [0.1, 0.15) is 22.8 Å². The summed E-state index contributed by atoms with van der Waals surface area (Å²) < 4.78 is 5.15. The zero-order valence-electron chi connectivity index (χ0n) is 24.8. The van der Waals surface area contributed by atoms with Crippen LogP contribution in [0.5, 0.6) is 5.75 Å². The van der Waals surface area contributed by atoms with Gasteiger partial charge in [0.25, 0.3) is 11.8 Å². The number of anilines is 3. The van der Waals surface area contributed by atoms with Gasteiger partial charge >= 0.3 is 0 Å². The minimum atomic E-state index is -0.475. The lowest BCUT2D eigenvalue weighted by Gasteiger charge is -2.14. The number of methoxy groups -OCH3 is 1. The summed E-state index contributed by atoms with van der Waals surface area (Å²) >= 11 is 7.54. The largest absolute Gasteiger partial charge is 0.495 e. The SMILES string of the molecule is COc1ccc(NC(=O)C(C)Sc2ccc(NC(=O)/C(=C/c3ccc(N(C)C)cc3)NC(=O)c3ccccc3)cc2)cc1Cl. The summed E-state index contributed by atoms with van der Waals surface area (Å²) in [5.41, 5.74) is 3.40. The molecule has 0 aliphatic heterocycles. The molecule has 226 valence electrons. The van der Waals surface area contributed by atoms with Crippen molar-refractivity contribution in [3.05, 3.63) is 119 Å². The Balaban J connectivity index is 1.43. The second kappa shape index (κ2) is 15.1. The monoisotopic (exact) mass is 628 g/mol. The Labute approximate surface area is 266 Å². The van der Waals surface area contributed by atoms with Crippen molar-refractivity contribution in [1.29, 1.82) is 0 Å². The molecule has 3 N–H and O–H groups in total. The molecular formula is C34H33ClN4O4S. The van der Waals surface area contributed by atoms with Crippen molar-refractivity contribution < 1.29 is 19.1 Å². The summed E-state index contributed by atoms with van der Waals surface area (Å²) in [6.45, 7) is 1.80. The molecule has 4 aromatic rings. The maximum absolute atomic E-state index is 13.4. The summed E-state index contributed by atoms with van der Waals surface area (Å²) in [5.74, 6) is -0.527. The number of hydrogen-bond acceptors (Lipinski definition) is 6. The minimum absolute atomic E-state index is 0.0961. The van der Waals surface area contributed by atoms with Gasteiger partial charge < -0.3 is 25.6 Å². The van der Waals surface area contributed by atoms with E-state index >= 15 is 0 Å². The van der Waals surface area contributed by atoms with Gasteiger partial charge in [-0.3, -0.25) is 14.4 Å². The predicted octanol–water partition coefficient (Wildman–Crippen LogP) is 6.94. The topological polar surface area (TPSA) is 99.8 Å². The van der Waals surface area contributed by atoms with Crippen LogP contribution in [-0.2, 0) is 9.59 Å². The van der Waals surface area contributed by atoms with Crippen LogP contribution >= 0.6 is 23.4 Å². The number of rotatable bonds is 11. The lowest BCUT2D eigenvalue weighted by Crippen LogP contribution is -2.30. The first-order valence-electron chi connectivity index (χ1n) is 13.7. The van der Waals surface area contributed by atoms with Gasteiger partial charge in [0, 0.05) is 41.6 Å². The average Bonchev–Trinajstić information content (AvgIpc) is 3.02. The van der Waals surface area contributed by atoms with Gasteiger partial charge in [0.1, 0.15) is 11.4 Å². The van der Waals surface area contributed by atoms with Crippen LogP contribution in [0.3, 0.4) is 0 Å². The van der Waals surface area contributed by atoms with E-state index in [-0.39, 0.29) is 11.6 Å². The second-order valence-electron chi connectivity index (χ2n) is 9.94. The normalized spacial score (nSPS) is 11.7. The third-order valence-electron chi connectivity index (χ3n) is 6.46. The highest BCUT2D eigenvalue weighted by molar-refractivity contribution is 8.00. The quantitative estimate of drug-likeness (QED) is 0.123. The van der Waals surface area contributed by atoms with Gasteiger partial charge in [0.2, 0.25) is 5.91 Å². The molecule has 10 heteroatoms. The number of nitrogens with zero attached hydrogens (tertiary/aromatic N) is 1. The first-order chi connectivity index (χ1) is 21.1. The first-order valence-corrected chi connectivity index (χ1v) is 15.0. The highest BCUT2D eigenvalue weighted by Crippen LogP contribution is 2.29. The maximum atomic E-state index is 13.4. The summed E-state index contributed by atoms with van der Waals surface area (Å²) in [6, 6.07) is 28.5. The number of thioether (sulfide) groups is 1. The highest BCUT2D eigenvalue weighted by Gasteiger charge is 2.17. The molecule has 0 radical (unpaired) electrons. The minimum Gasteiger partial charge on any atom is -0.495 e. The van der Waals surface area contributed by atoms with Crippen LogP contribution in [0, 0.1) is 0 Å². The van der Waals surface area contributed by atoms with Crippen molar-refractivity contribution in [2.75, 3.05) is 36.7 Å². The third-order valence-corrected chi connectivity index (χ3v) is 7.87. The van der Waals surface area contributed by atoms with Gasteiger partial charge in [-0.1, -0.05) is 41.9 Å². The molecule has 0 aliphatic rings. The third kappa shape index (κ3) is 8.89. The number of carbonyl (C=O) groups is 3. The van der Waals surface area contributed by atoms with E-state index in [1.807, 2.05) is 61.5 Å². The lowest BCUT2D eigenvalue weighted by atomic mass is 10.1. The molecule has 4 rings (SSSR count). The fourth-order valence-electron chi connectivity index (χ4n) is 4.04. The van der Waals surface area contributed by atoms with Crippen LogP contribution in [0.15, 0.2) is 108 Å². The number of ether oxygens (including phenoxy) is 1. The van der Waals surface area contributed by atoms with Gasteiger partial charge in [-0.2, -0.15) is 0 Å². The van der Waals surface area contributed by atoms with E-state index in [1.165, 1.54) is 18.9 Å². The average molecular weight is 629 g/mol. The zero-order chi connectivity index (χ0) is 31.6. The van der Waals surface area contributed by atoms with Gasteiger partial charge in [-0.05, 0) is 85.3 Å². The molecule has 8 nitrogen and oxygen atoms in total. The smallest absolute Gasteiger partial charge is 0.272 e. The fourth-order valence-corrected chi connectivity index (χ4v) is 5.16. The van der Waals surface area contributed by atoms with E-state index in [4.69, 9.17) is 16.3 Å². The van der Waals surface area contributed by atoms with Crippen LogP contribution < -0.4 is 25.6 Å². The van der Waals surface area contributed by atoms with Gasteiger partial charge in [-0.25, -0.2) is 0 Å². The maximum Gasteiger partial charge on any atom is 0.272 e. The van der Waals surface area contributed by atoms with Crippen molar-refractivity contribution in [3.8, 4) is 5.75 Å². The molecule has 1 unspecified atom stereocenters. The summed E-state index contributed by atoms with van der Waals surface area (Å²) in [6.07, 6.45) is 1.64. The number of amides is 3. The Hall–Kier alpha value is -4.73. The lowest BCUT2D eigenvalue weighted by molar-refractivity contribution is -0.115. The van der Waals surface area contributed by atoms with Crippen molar-refractivity contribution in [2.45, 2.75) is 17.1 Å². The summed E-state index contributed by atoms with van der Waals surface area (Å²) in [4.78, 5) is 41.9. The van der Waals surface area contributed by atoms with E-state index in [9.17, 15) is 14.4 Å². The Morgan fingerprint density at radius 1 is 0.864 bits per heavy atom. The van der Waals surface area contributed by atoms with E-state index < -0.39 is 17.1 Å². The molecule has 0 bridgehead atoms. The molecule has 1 atom stereocenters. The van der Waals surface area contributed by atoms with Crippen LogP contribution in [-0.4, -0.2) is 44.2 Å². The van der Waals surface area contributed by atoms with Crippen LogP contribution in [0.4, 0.5) is 17.1 Å². The van der Waals surface area contributed by atoms with E-state index in [0.29, 0.717) is 27.7 Å². The molecule has 0 aliphatic carbocycles. The molecule has 0 saturated carbocycles. The number of nitrogens with one attached hydrogen (secondary N) is 3. The molecule has 0 heterocycles. The molecule has 0 fully saturated rings. The van der Waals surface area contributed by atoms with Gasteiger partial charge in [-0.15, -0.1) is 11.8 Å². The molecule has 0 aromatic heterocycles. The predicted molar refractivity (Wildman–Crippen MR) is 180 cm³/mol. The number of carbonyl (C=O) groups excluding carboxylic acids is 3. The molecule has 3 amide bonds. The summed E-state index contributed by atoms with van der Waals surface area (Å²) in [7, 11) is 5.42. The van der Waals surface area contributed by atoms with E-state index in [2.05, 4.69) is 16.0 Å². The van der Waals surface area contributed by atoms with Crippen molar-refractivity contribution in [3.63, 3.8) is 0 Å². The van der Waals surface area contributed by atoms with Gasteiger partial charge in [0.05, 0.1) is 17.4 Å². The Bertz CT molecular complexity index is 1640. The van der Waals surface area contributed by atoms with Crippen molar-refractivity contribution in [2.24, 2.45) is 0 Å². The van der Waals surface area contributed by atoms with Gasteiger partial charge in [0.15, 0.2) is 0 Å². The standard InChI is InChI=1S/C34H33ClN4O4S/c1-22(32(40)37-26-14-19-31(43-4)29(35)21-26)44-28-17-12-25(13-18-28)36-34(42)30(38-33(41)24-8-6-5-7-9-24)20-23-10-15-27(16-11-23)39(2)3/h5-22H,1-4H3,(H,36,42)(H,37,40)(H,38,41)/b30-20-. The molecule has 44 heavy (non-hydrogen) atoms. The first kappa shape index (κ1) is 32.2. The Morgan fingerprint density at radius 2 is 1.52 bits per heavy atom. The summed E-state index contributed by atoms with van der Waals surface area (Å²) in [5, 5.41) is 8.47. The molecular weight excluding hydrogens is 596 g/mol. The number of hydrogen-bond donors (Lipinski definition) is 3. The van der Waals surface area contributed by atoms with E-state index in [0.717, 1.165) is 16.1 Å². The van der Waals surface area contributed by atoms with E-state index in [1.54, 1.807) is 67.6 Å². The van der Waals surface area contributed by atoms with Crippen LogP contribution in [0.2, 0.25) is 5.02 Å². The number of benzene rings is 4. The fraction of sp³-hybridized carbons (Fsp3) is 0.147. The van der Waals surface area contributed by atoms with Crippen molar-refractivity contribution >= 4 is 64.2 Å². The molecule has 0 spiro atoms. The zero-order valence-corrected chi connectivity index (χ0v) is 26.3. The molecule has 4 aromatic carbocycles. The Kier molecular flexibility index (Phi) is 11.1. The second-order valence-corrected chi connectivity index (χ2v) is 11.8. The van der Waals surface area contributed by atoms with Crippen molar-refractivity contribution in [1.82, 2.24) is 5.32 Å². The van der Waals surface area contributed by atoms with Crippen LogP contribution in [0.25, 0.3) is 6.08 Å². The number of halogens is 1. The molecule has 0 saturated heterocycles.